The minimum atomic E-state index is -0.376. The predicted molar refractivity (Wildman–Crippen MR) is 121 cm³/mol. The van der Waals surface area contributed by atoms with E-state index in [9.17, 15) is 4.79 Å². The highest BCUT2D eigenvalue weighted by Crippen LogP contribution is 2.33. The molecule has 1 aromatic carbocycles. The van der Waals surface area contributed by atoms with Crippen LogP contribution in [0.5, 0.6) is 17.6 Å². The summed E-state index contributed by atoms with van der Waals surface area (Å²) in [5.41, 5.74) is 1.60. The van der Waals surface area contributed by atoms with Gasteiger partial charge in [0.25, 0.3) is 5.91 Å². The average Bonchev–Trinajstić information content (AvgIpc) is 3.25. The Morgan fingerprint density at radius 3 is 2.66 bits per heavy atom. The second-order valence-corrected chi connectivity index (χ2v) is 7.56. The van der Waals surface area contributed by atoms with Crippen molar-refractivity contribution in [3.05, 3.63) is 60.0 Å². The highest BCUT2D eigenvalue weighted by Gasteiger charge is 2.25. The number of methoxy groups -OCH3 is 2. The number of aromatic nitrogens is 4. The van der Waals surface area contributed by atoms with Gasteiger partial charge in [0.2, 0.25) is 5.88 Å². The number of thiazole rings is 1. The molecule has 0 spiro atoms. The fourth-order valence-electron chi connectivity index (χ4n) is 2.99. The van der Waals surface area contributed by atoms with E-state index in [1.54, 1.807) is 6.20 Å². The smallest absolute Gasteiger partial charge is 0.320 e. The van der Waals surface area contributed by atoms with Gasteiger partial charge in [-0.3, -0.25) is 14.7 Å². The van der Waals surface area contributed by atoms with Crippen LogP contribution in [0.15, 0.2) is 48.7 Å². The summed E-state index contributed by atoms with van der Waals surface area (Å²) in [4.78, 5) is 32.4. The molecule has 1 amide bonds. The van der Waals surface area contributed by atoms with Crippen molar-refractivity contribution in [2.75, 3.05) is 25.7 Å². The van der Waals surface area contributed by atoms with E-state index in [1.165, 1.54) is 36.5 Å². The van der Waals surface area contributed by atoms with Gasteiger partial charge in [-0.25, -0.2) is 4.98 Å². The molecule has 4 aromatic rings. The molecule has 32 heavy (non-hydrogen) atoms. The lowest BCUT2D eigenvalue weighted by atomic mass is 10.3. The number of benzene rings is 1. The molecule has 0 aliphatic heterocycles. The first-order valence-electron chi connectivity index (χ1n) is 9.83. The second kappa shape index (κ2) is 9.56. The third-order valence-electron chi connectivity index (χ3n) is 4.47. The van der Waals surface area contributed by atoms with Crippen LogP contribution in [0.2, 0.25) is 0 Å². The van der Waals surface area contributed by atoms with Crippen molar-refractivity contribution >= 4 is 32.6 Å². The molecule has 4 rings (SSSR count). The Hall–Kier alpha value is -3.79. The van der Waals surface area contributed by atoms with Crippen molar-refractivity contribution in [2.45, 2.75) is 13.5 Å². The zero-order chi connectivity index (χ0) is 22.5. The van der Waals surface area contributed by atoms with Gasteiger partial charge in [-0.1, -0.05) is 17.4 Å². The summed E-state index contributed by atoms with van der Waals surface area (Å²) < 4.78 is 16.8. The van der Waals surface area contributed by atoms with Crippen LogP contribution in [0.3, 0.4) is 0 Å². The number of carbonyl (C=O) groups is 1. The second-order valence-electron chi connectivity index (χ2n) is 6.55. The summed E-state index contributed by atoms with van der Waals surface area (Å²) in [6, 6.07) is 12.7. The first-order valence-corrected chi connectivity index (χ1v) is 10.6. The summed E-state index contributed by atoms with van der Waals surface area (Å²) in [6.45, 7) is 2.71. The zero-order valence-corrected chi connectivity index (χ0v) is 18.6. The van der Waals surface area contributed by atoms with Crippen molar-refractivity contribution in [1.82, 2.24) is 19.9 Å². The first-order chi connectivity index (χ1) is 15.6. The maximum atomic E-state index is 13.6. The van der Waals surface area contributed by atoms with Gasteiger partial charge < -0.3 is 14.2 Å². The molecule has 0 atom stereocenters. The van der Waals surface area contributed by atoms with E-state index in [0.717, 1.165) is 16.0 Å². The molecular formula is C22H21N5O4S. The van der Waals surface area contributed by atoms with Gasteiger partial charge in [-0.05, 0) is 37.3 Å². The number of anilines is 1. The van der Waals surface area contributed by atoms with Crippen LogP contribution in [0, 0.1) is 0 Å². The lowest BCUT2D eigenvalue weighted by Crippen LogP contribution is -2.31. The standard InChI is InChI=1S/C22H21N5O4S/c1-4-31-15-8-9-16-18(11-15)32-22(25-16)27(13-14-7-5-6-10-23-14)20(28)17-12-19(29-2)26-21(24-17)30-3/h5-12H,4,13H2,1-3H3. The topological polar surface area (TPSA) is 99.6 Å². The number of hydrogen-bond donors (Lipinski definition) is 0. The average molecular weight is 452 g/mol. The van der Waals surface area contributed by atoms with Crippen LogP contribution in [0.25, 0.3) is 10.2 Å². The molecule has 9 nitrogen and oxygen atoms in total. The molecule has 3 heterocycles. The van der Waals surface area contributed by atoms with Gasteiger partial charge in [0.1, 0.15) is 11.4 Å². The molecule has 10 heteroatoms. The van der Waals surface area contributed by atoms with Crippen LogP contribution in [0.1, 0.15) is 23.1 Å². The number of carbonyl (C=O) groups excluding carboxylic acids is 1. The van der Waals surface area contributed by atoms with Crippen LogP contribution in [0.4, 0.5) is 5.13 Å². The Kier molecular flexibility index (Phi) is 6.41. The van der Waals surface area contributed by atoms with E-state index in [4.69, 9.17) is 14.2 Å². The molecule has 0 aliphatic carbocycles. The first kappa shape index (κ1) is 21.4. The summed E-state index contributed by atoms with van der Waals surface area (Å²) >= 11 is 1.39. The molecule has 0 fully saturated rings. The number of amides is 1. The van der Waals surface area contributed by atoms with Crippen LogP contribution in [-0.4, -0.2) is 46.7 Å². The Morgan fingerprint density at radius 1 is 1.06 bits per heavy atom. The van der Waals surface area contributed by atoms with E-state index < -0.39 is 0 Å². The number of rotatable bonds is 8. The van der Waals surface area contributed by atoms with Crippen molar-refractivity contribution in [3.63, 3.8) is 0 Å². The van der Waals surface area contributed by atoms with Gasteiger partial charge in [0.15, 0.2) is 5.13 Å². The van der Waals surface area contributed by atoms with Gasteiger partial charge in [0.05, 0.1) is 43.3 Å². The lowest BCUT2D eigenvalue weighted by molar-refractivity contribution is 0.0978. The molecule has 0 N–H and O–H groups in total. The monoisotopic (exact) mass is 451 g/mol. The summed E-state index contributed by atoms with van der Waals surface area (Å²) in [6.07, 6.45) is 1.68. The normalized spacial score (nSPS) is 10.7. The molecule has 0 bridgehead atoms. The Labute approximate surface area is 188 Å². The minimum absolute atomic E-state index is 0.0381. The fourth-order valence-corrected chi connectivity index (χ4v) is 3.98. The Morgan fingerprint density at radius 2 is 1.94 bits per heavy atom. The van der Waals surface area contributed by atoms with E-state index in [2.05, 4.69) is 19.9 Å². The molecule has 0 saturated carbocycles. The molecule has 164 valence electrons. The molecule has 3 aromatic heterocycles. The number of ether oxygens (including phenoxy) is 3. The fraction of sp³-hybridized carbons (Fsp3) is 0.227. The summed E-state index contributed by atoms with van der Waals surface area (Å²) in [5, 5.41) is 0.515. The number of hydrogen-bond acceptors (Lipinski definition) is 9. The summed E-state index contributed by atoms with van der Waals surface area (Å²) in [5.74, 6) is 0.602. The molecule has 0 aliphatic rings. The zero-order valence-electron chi connectivity index (χ0n) is 17.8. The Bertz CT molecular complexity index is 1210. The molecule has 0 radical (unpaired) electrons. The molecule has 0 unspecified atom stereocenters. The predicted octanol–water partition coefficient (Wildman–Crippen LogP) is 3.74. The van der Waals surface area contributed by atoms with Crippen LogP contribution >= 0.6 is 11.3 Å². The van der Waals surface area contributed by atoms with Gasteiger partial charge in [0, 0.05) is 12.3 Å². The van der Waals surface area contributed by atoms with E-state index >= 15 is 0 Å². The van der Waals surface area contributed by atoms with E-state index in [-0.39, 0.29) is 30.0 Å². The van der Waals surface area contributed by atoms with Gasteiger partial charge in [-0.2, -0.15) is 9.97 Å². The third kappa shape index (κ3) is 4.59. The quantitative estimate of drug-likeness (QED) is 0.399. The number of fused-ring (bicyclic) bond motifs is 1. The van der Waals surface area contributed by atoms with Crippen molar-refractivity contribution < 1.29 is 19.0 Å². The van der Waals surface area contributed by atoms with E-state index in [0.29, 0.717) is 17.4 Å². The highest BCUT2D eigenvalue weighted by atomic mass is 32.1. The number of pyridine rings is 1. The van der Waals surface area contributed by atoms with Gasteiger partial charge >= 0.3 is 6.01 Å². The number of nitrogens with zero attached hydrogens (tertiary/aromatic N) is 5. The van der Waals surface area contributed by atoms with Crippen LogP contribution < -0.4 is 19.1 Å². The van der Waals surface area contributed by atoms with Crippen molar-refractivity contribution in [3.8, 4) is 17.6 Å². The lowest BCUT2D eigenvalue weighted by Gasteiger charge is -2.19. The highest BCUT2D eigenvalue weighted by molar-refractivity contribution is 7.22. The third-order valence-corrected chi connectivity index (χ3v) is 5.52. The Balaban J connectivity index is 1.77. The van der Waals surface area contributed by atoms with Crippen molar-refractivity contribution in [2.24, 2.45) is 0 Å². The van der Waals surface area contributed by atoms with Crippen LogP contribution in [-0.2, 0) is 6.54 Å². The summed E-state index contributed by atoms with van der Waals surface area (Å²) in [7, 11) is 2.89. The molecule has 0 saturated heterocycles. The van der Waals surface area contributed by atoms with E-state index in [1.807, 2.05) is 43.3 Å². The molecular weight excluding hydrogens is 430 g/mol. The maximum absolute atomic E-state index is 13.6. The maximum Gasteiger partial charge on any atom is 0.320 e. The van der Waals surface area contributed by atoms with Gasteiger partial charge in [-0.15, -0.1) is 0 Å². The largest absolute Gasteiger partial charge is 0.494 e. The SMILES string of the molecule is CCOc1ccc2nc(N(Cc3ccccn3)C(=O)c3cc(OC)nc(OC)n3)sc2c1. The minimum Gasteiger partial charge on any atom is -0.494 e. The van der Waals surface area contributed by atoms with Crippen molar-refractivity contribution in [1.29, 1.82) is 0 Å².